The van der Waals surface area contributed by atoms with Crippen molar-refractivity contribution in [3.05, 3.63) is 48.0 Å². The Kier molecular flexibility index (Phi) is 2.72. The molecule has 0 saturated heterocycles. The number of ether oxygens (including phenoxy) is 1. The SMILES string of the molecule is COC(=O)c1ccc(-n2ccnc2C)cc1. The maximum absolute atomic E-state index is 11.2. The zero-order valence-electron chi connectivity index (χ0n) is 9.18. The Morgan fingerprint density at radius 3 is 2.50 bits per heavy atom. The number of benzene rings is 1. The summed E-state index contributed by atoms with van der Waals surface area (Å²) in [7, 11) is 1.37. The molecule has 4 nitrogen and oxygen atoms in total. The van der Waals surface area contributed by atoms with Gasteiger partial charge >= 0.3 is 5.97 Å². The molecule has 2 aromatic rings. The first kappa shape index (κ1) is 10.4. The number of nitrogens with zero attached hydrogens (tertiary/aromatic N) is 2. The number of hydrogen-bond donors (Lipinski definition) is 0. The largest absolute Gasteiger partial charge is 0.465 e. The third-order valence-corrected chi connectivity index (χ3v) is 2.39. The molecule has 0 N–H and O–H groups in total. The van der Waals surface area contributed by atoms with E-state index in [1.54, 1.807) is 18.3 Å². The molecule has 0 radical (unpaired) electrons. The zero-order valence-corrected chi connectivity index (χ0v) is 9.18. The second-order valence-corrected chi connectivity index (χ2v) is 3.38. The van der Waals surface area contributed by atoms with Crippen LogP contribution in [0.3, 0.4) is 0 Å². The smallest absolute Gasteiger partial charge is 0.337 e. The van der Waals surface area contributed by atoms with Crippen LogP contribution in [0.1, 0.15) is 16.2 Å². The van der Waals surface area contributed by atoms with Gasteiger partial charge in [-0.25, -0.2) is 9.78 Å². The molecule has 0 fully saturated rings. The number of carbonyl (C=O) groups is 1. The lowest BCUT2D eigenvalue weighted by molar-refractivity contribution is 0.0601. The van der Waals surface area contributed by atoms with Crippen LogP contribution in [0, 0.1) is 6.92 Å². The molecule has 4 heteroatoms. The minimum atomic E-state index is -0.325. The van der Waals surface area contributed by atoms with E-state index in [9.17, 15) is 4.79 Å². The van der Waals surface area contributed by atoms with Crippen molar-refractivity contribution in [1.82, 2.24) is 9.55 Å². The predicted molar refractivity (Wildman–Crippen MR) is 59.6 cm³/mol. The number of carbonyl (C=O) groups excluding carboxylic acids is 1. The zero-order chi connectivity index (χ0) is 11.5. The minimum Gasteiger partial charge on any atom is -0.465 e. The number of hydrogen-bond acceptors (Lipinski definition) is 3. The van der Waals surface area contributed by atoms with Crippen molar-refractivity contribution >= 4 is 5.97 Å². The average Bonchev–Trinajstić information content (AvgIpc) is 2.75. The maximum atomic E-state index is 11.2. The first-order chi connectivity index (χ1) is 7.72. The van der Waals surface area contributed by atoms with Crippen LogP contribution in [0.2, 0.25) is 0 Å². The number of methoxy groups -OCH3 is 1. The fourth-order valence-electron chi connectivity index (χ4n) is 1.53. The predicted octanol–water partition coefficient (Wildman–Crippen LogP) is 1.97. The highest BCUT2D eigenvalue weighted by Gasteiger charge is 2.05. The van der Waals surface area contributed by atoms with Gasteiger partial charge in [-0.1, -0.05) is 0 Å². The van der Waals surface area contributed by atoms with Gasteiger partial charge in [0.05, 0.1) is 12.7 Å². The van der Waals surface area contributed by atoms with E-state index in [1.165, 1.54) is 7.11 Å². The summed E-state index contributed by atoms with van der Waals surface area (Å²) in [6.45, 7) is 1.92. The molecule has 0 unspecified atom stereocenters. The number of aryl methyl sites for hydroxylation is 1. The summed E-state index contributed by atoms with van der Waals surface area (Å²) in [4.78, 5) is 15.4. The van der Waals surface area contributed by atoms with Gasteiger partial charge in [0.15, 0.2) is 0 Å². The molecule has 0 spiro atoms. The van der Waals surface area contributed by atoms with Crippen LogP contribution in [0.5, 0.6) is 0 Å². The van der Waals surface area contributed by atoms with E-state index in [1.807, 2.05) is 29.8 Å². The highest BCUT2D eigenvalue weighted by Crippen LogP contribution is 2.12. The molecule has 0 bridgehead atoms. The summed E-state index contributed by atoms with van der Waals surface area (Å²) in [6.07, 6.45) is 3.62. The van der Waals surface area contributed by atoms with Crippen molar-refractivity contribution in [3.63, 3.8) is 0 Å². The Morgan fingerprint density at radius 1 is 1.31 bits per heavy atom. The van der Waals surface area contributed by atoms with Gasteiger partial charge in [0.1, 0.15) is 5.82 Å². The average molecular weight is 216 g/mol. The van der Waals surface area contributed by atoms with E-state index in [2.05, 4.69) is 9.72 Å². The summed E-state index contributed by atoms with van der Waals surface area (Å²) < 4.78 is 6.58. The second-order valence-electron chi connectivity index (χ2n) is 3.38. The van der Waals surface area contributed by atoms with Gasteiger partial charge in [-0.3, -0.25) is 0 Å². The van der Waals surface area contributed by atoms with Crippen LogP contribution in [0.15, 0.2) is 36.7 Å². The van der Waals surface area contributed by atoms with Gasteiger partial charge in [-0.15, -0.1) is 0 Å². The van der Waals surface area contributed by atoms with Crippen molar-refractivity contribution in [2.45, 2.75) is 6.92 Å². The molecule has 0 aliphatic rings. The van der Waals surface area contributed by atoms with Gasteiger partial charge < -0.3 is 9.30 Å². The molecule has 0 aliphatic heterocycles. The number of imidazole rings is 1. The molecule has 0 saturated carbocycles. The Bertz CT molecular complexity index is 500. The topological polar surface area (TPSA) is 44.1 Å². The molecule has 1 aromatic heterocycles. The van der Waals surface area contributed by atoms with Gasteiger partial charge in [0.25, 0.3) is 0 Å². The molecule has 2 rings (SSSR count). The van der Waals surface area contributed by atoms with E-state index in [4.69, 9.17) is 0 Å². The Morgan fingerprint density at radius 2 is 2.00 bits per heavy atom. The lowest BCUT2D eigenvalue weighted by Gasteiger charge is -2.05. The van der Waals surface area contributed by atoms with E-state index in [-0.39, 0.29) is 5.97 Å². The highest BCUT2D eigenvalue weighted by atomic mass is 16.5. The fraction of sp³-hybridized carbons (Fsp3) is 0.167. The molecular formula is C12H12N2O2. The van der Waals surface area contributed by atoms with Gasteiger partial charge in [0, 0.05) is 18.1 Å². The van der Waals surface area contributed by atoms with Crippen LogP contribution >= 0.6 is 0 Å². The first-order valence-corrected chi connectivity index (χ1v) is 4.91. The summed E-state index contributed by atoms with van der Waals surface area (Å²) in [5.41, 5.74) is 1.52. The molecule has 82 valence electrons. The van der Waals surface area contributed by atoms with Crippen molar-refractivity contribution in [2.24, 2.45) is 0 Å². The van der Waals surface area contributed by atoms with Crippen LogP contribution < -0.4 is 0 Å². The molecular weight excluding hydrogens is 204 g/mol. The van der Waals surface area contributed by atoms with Gasteiger partial charge in [-0.05, 0) is 31.2 Å². The fourth-order valence-corrected chi connectivity index (χ4v) is 1.53. The van der Waals surface area contributed by atoms with E-state index in [0.717, 1.165) is 11.5 Å². The van der Waals surface area contributed by atoms with Crippen LogP contribution in [-0.2, 0) is 4.74 Å². The van der Waals surface area contributed by atoms with E-state index >= 15 is 0 Å². The van der Waals surface area contributed by atoms with Gasteiger partial charge in [-0.2, -0.15) is 0 Å². The third kappa shape index (κ3) is 1.82. The van der Waals surface area contributed by atoms with E-state index < -0.39 is 0 Å². The molecule has 1 aromatic carbocycles. The van der Waals surface area contributed by atoms with Crippen molar-refractivity contribution in [1.29, 1.82) is 0 Å². The normalized spacial score (nSPS) is 10.1. The standard InChI is InChI=1S/C12H12N2O2/c1-9-13-7-8-14(9)11-5-3-10(4-6-11)12(15)16-2/h3-8H,1-2H3. The number of esters is 1. The third-order valence-electron chi connectivity index (χ3n) is 2.39. The van der Waals surface area contributed by atoms with Crippen LogP contribution in [-0.4, -0.2) is 22.6 Å². The highest BCUT2D eigenvalue weighted by molar-refractivity contribution is 5.89. The Labute approximate surface area is 93.5 Å². The lowest BCUT2D eigenvalue weighted by atomic mass is 10.2. The molecule has 0 aliphatic carbocycles. The summed E-state index contributed by atoms with van der Waals surface area (Å²) in [6, 6.07) is 7.20. The quantitative estimate of drug-likeness (QED) is 0.721. The van der Waals surface area contributed by atoms with Crippen molar-refractivity contribution in [2.75, 3.05) is 7.11 Å². The summed E-state index contributed by atoms with van der Waals surface area (Å²) in [5.74, 6) is 0.583. The maximum Gasteiger partial charge on any atom is 0.337 e. The lowest BCUT2D eigenvalue weighted by Crippen LogP contribution is -2.02. The van der Waals surface area contributed by atoms with Crippen LogP contribution in [0.4, 0.5) is 0 Å². The van der Waals surface area contributed by atoms with Crippen molar-refractivity contribution in [3.8, 4) is 5.69 Å². The first-order valence-electron chi connectivity index (χ1n) is 4.91. The number of aromatic nitrogens is 2. The summed E-state index contributed by atoms with van der Waals surface area (Å²) in [5, 5.41) is 0. The molecule has 0 atom stereocenters. The Hall–Kier alpha value is -2.10. The summed E-state index contributed by atoms with van der Waals surface area (Å²) >= 11 is 0. The van der Waals surface area contributed by atoms with Crippen molar-refractivity contribution < 1.29 is 9.53 Å². The van der Waals surface area contributed by atoms with E-state index in [0.29, 0.717) is 5.56 Å². The molecule has 1 heterocycles. The minimum absolute atomic E-state index is 0.325. The van der Waals surface area contributed by atoms with Gasteiger partial charge in [0.2, 0.25) is 0 Å². The second kappa shape index (κ2) is 4.18. The Balaban J connectivity index is 2.33. The molecule has 16 heavy (non-hydrogen) atoms. The van der Waals surface area contributed by atoms with Crippen LogP contribution in [0.25, 0.3) is 5.69 Å². The molecule has 0 amide bonds. The number of rotatable bonds is 2. The monoisotopic (exact) mass is 216 g/mol.